The van der Waals surface area contributed by atoms with Crippen LogP contribution in [0.5, 0.6) is 0 Å². The first-order valence-electron chi connectivity index (χ1n) is 7.47. The van der Waals surface area contributed by atoms with Crippen molar-refractivity contribution in [2.24, 2.45) is 0 Å². The van der Waals surface area contributed by atoms with Gasteiger partial charge in [-0.1, -0.05) is 26.7 Å². The van der Waals surface area contributed by atoms with Crippen molar-refractivity contribution in [3.05, 3.63) is 15.6 Å². The van der Waals surface area contributed by atoms with Crippen molar-refractivity contribution in [3.63, 3.8) is 0 Å². The Hall–Kier alpha value is -0.410. The molecule has 0 amide bonds. The Morgan fingerprint density at radius 3 is 2.56 bits per heavy atom. The van der Waals surface area contributed by atoms with Crippen LogP contribution in [0.15, 0.2) is 0 Å². The van der Waals surface area contributed by atoms with E-state index >= 15 is 0 Å². The zero-order chi connectivity index (χ0) is 12.5. The Morgan fingerprint density at radius 2 is 1.94 bits per heavy atom. The normalized spacial score (nSPS) is 21.1. The molecule has 2 saturated carbocycles. The average molecular weight is 264 g/mol. The van der Waals surface area contributed by atoms with E-state index in [2.05, 4.69) is 19.2 Å². The molecule has 1 aromatic rings. The lowest BCUT2D eigenvalue weighted by Crippen LogP contribution is -2.25. The van der Waals surface area contributed by atoms with Gasteiger partial charge in [-0.25, -0.2) is 4.98 Å². The summed E-state index contributed by atoms with van der Waals surface area (Å²) < 4.78 is 0. The fourth-order valence-corrected chi connectivity index (χ4v) is 3.90. The molecule has 1 N–H and O–H groups in total. The first-order chi connectivity index (χ1) is 8.74. The molecular formula is C15H24N2S. The number of thiazole rings is 1. The highest BCUT2D eigenvalue weighted by atomic mass is 32.1. The third kappa shape index (κ3) is 2.77. The van der Waals surface area contributed by atoms with Crippen LogP contribution in [0.4, 0.5) is 0 Å². The molecule has 3 heteroatoms. The summed E-state index contributed by atoms with van der Waals surface area (Å²) in [4.78, 5) is 6.42. The molecule has 2 aliphatic rings. The summed E-state index contributed by atoms with van der Waals surface area (Å²) >= 11 is 1.95. The Kier molecular flexibility index (Phi) is 3.71. The Bertz CT molecular complexity index is 401. The van der Waals surface area contributed by atoms with E-state index in [1.165, 1.54) is 54.1 Å². The lowest BCUT2D eigenvalue weighted by Gasteiger charge is -2.11. The van der Waals surface area contributed by atoms with Gasteiger partial charge in [0.15, 0.2) is 0 Å². The number of nitrogens with zero attached hydrogens (tertiary/aromatic N) is 1. The quantitative estimate of drug-likeness (QED) is 0.863. The van der Waals surface area contributed by atoms with Crippen LogP contribution in [-0.2, 0) is 6.54 Å². The Balaban J connectivity index is 1.68. The molecule has 18 heavy (non-hydrogen) atoms. The second-order valence-corrected chi connectivity index (χ2v) is 7.27. The van der Waals surface area contributed by atoms with E-state index in [9.17, 15) is 0 Å². The van der Waals surface area contributed by atoms with Gasteiger partial charge in [0.2, 0.25) is 0 Å². The van der Waals surface area contributed by atoms with E-state index in [0.717, 1.165) is 18.5 Å². The Labute approximate surface area is 114 Å². The first kappa shape index (κ1) is 12.6. The predicted molar refractivity (Wildman–Crippen MR) is 77.3 cm³/mol. The van der Waals surface area contributed by atoms with Crippen LogP contribution in [0.1, 0.15) is 79.8 Å². The van der Waals surface area contributed by atoms with Gasteiger partial charge in [0.05, 0.1) is 10.7 Å². The SMILES string of the molecule is CC(C)c1nc(C2CC2)c(CNC2CCCC2)s1. The molecule has 0 spiro atoms. The smallest absolute Gasteiger partial charge is 0.0957 e. The molecule has 1 aromatic heterocycles. The van der Waals surface area contributed by atoms with Crippen LogP contribution in [0.3, 0.4) is 0 Å². The summed E-state index contributed by atoms with van der Waals surface area (Å²) in [7, 11) is 0. The second kappa shape index (κ2) is 5.30. The van der Waals surface area contributed by atoms with Crippen molar-refractivity contribution in [2.75, 3.05) is 0 Å². The van der Waals surface area contributed by atoms with Crippen molar-refractivity contribution in [3.8, 4) is 0 Å². The molecule has 0 bridgehead atoms. The molecule has 0 saturated heterocycles. The summed E-state index contributed by atoms with van der Waals surface area (Å²) in [6, 6.07) is 0.765. The van der Waals surface area contributed by atoms with Gasteiger partial charge in [-0.2, -0.15) is 0 Å². The van der Waals surface area contributed by atoms with Gasteiger partial charge in [0.25, 0.3) is 0 Å². The summed E-state index contributed by atoms with van der Waals surface area (Å²) in [6.07, 6.45) is 8.28. The van der Waals surface area contributed by atoms with E-state index in [0.29, 0.717) is 5.92 Å². The van der Waals surface area contributed by atoms with Gasteiger partial charge >= 0.3 is 0 Å². The lowest BCUT2D eigenvalue weighted by molar-refractivity contribution is 0.525. The van der Waals surface area contributed by atoms with Crippen LogP contribution in [0.25, 0.3) is 0 Å². The summed E-state index contributed by atoms with van der Waals surface area (Å²) in [5.74, 6) is 1.36. The zero-order valence-electron chi connectivity index (χ0n) is 11.5. The van der Waals surface area contributed by atoms with E-state index in [1.54, 1.807) is 0 Å². The van der Waals surface area contributed by atoms with Crippen LogP contribution < -0.4 is 5.32 Å². The molecule has 0 radical (unpaired) electrons. The van der Waals surface area contributed by atoms with Crippen molar-refractivity contribution in [1.82, 2.24) is 10.3 Å². The first-order valence-corrected chi connectivity index (χ1v) is 8.28. The molecule has 0 aromatic carbocycles. The number of hydrogen-bond donors (Lipinski definition) is 1. The molecular weight excluding hydrogens is 240 g/mol. The van der Waals surface area contributed by atoms with Gasteiger partial charge < -0.3 is 5.32 Å². The van der Waals surface area contributed by atoms with Crippen LogP contribution in [0, 0.1) is 0 Å². The minimum absolute atomic E-state index is 0.577. The van der Waals surface area contributed by atoms with E-state index in [1.807, 2.05) is 11.3 Å². The molecule has 0 atom stereocenters. The van der Waals surface area contributed by atoms with Crippen molar-refractivity contribution < 1.29 is 0 Å². The second-order valence-electron chi connectivity index (χ2n) is 6.15. The number of rotatable bonds is 5. The number of aromatic nitrogens is 1. The highest BCUT2D eigenvalue weighted by molar-refractivity contribution is 7.11. The van der Waals surface area contributed by atoms with Gasteiger partial charge in [-0.3, -0.25) is 0 Å². The molecule has 1 heterocycles. The fraction of sp³-hybridized carbons (Fsp3) is 0.800. The van der Waals surface area contributed by atoms with Crippen molar-refractivity contribution in [2.45, 2.75) is 76.8 Å². The maximum Gasteiger partial charge on any atom is 0.0957 e. The van der Waals surface area contributed by atoms with E-state index in [-0.39, 0.29) is 0 Å². The number of hydrogen-bond acceptors (Lipinski definition) is 3. The topological polar surface area (TPSA) is 24.9 Å². The van der Waals surface area contributed by atoms with E-state index in [4.69, 9.17) is 4.98 Å². The molecule has 0 unspecified atom stereocenters. The summed E-state index contributed by atoms with van der Waals surface area (Å²) in [6.45, 7) is 5.56. The Morgan fingerprint density at radius 1 is 1.22 bits per heavy atom. The maximum atomic E-state index is 4.90. The fourth-order valence-electron chi connectivity index (χ4n) is 2.80. The highest BCUT2D eigenvalue weighted by Gasteiger charge is 2.30. The van der Waals surface area contributed by atoms with Crippen LogP contribution >= 0.6 is 11.3 Å². The number of nitrogens with one attached hydrogen (secondary N) is 1. The molecule has 2 nitrogen and oxygen atoms in total. The van der Waals surface area contributed by atoms with Crippen molar-refractivity contribution in [1.29, 1.82) is 0 Å². The minimum Gasteiger partial charge on any atom is -0.309 e. The monoisotopic (exact) mass is 264 g/mol. The predicted octanol–water partition coefficient (Wildman–Crippen LogP) is 4.18. The average Bonchev–Trinajstić information content (AvgIpc) is 2.91. The molecule has 0 aliphatic heterocycles. The summed E-state index contributed by atoms with van der Waals surface area (Å²) in [5, 5.41) is 5.08. The summed E-state index contributed by atoms with van der Waals surface area (Å²) in [5.41, 5.74) is 1.43. The largest absolute Gasteiger partial charge is 0.309 e. The van der Waals surface area contributed by atoms with E-state index < -0.39 is 0 Å². The molecule has 2 aliphatic carbocycles. The zero-order valence-corrected chi connectivity index (χ0v) is 12.4. The van der Waals surface area contributed by atoms with Gasteiger partial charge in [-0.05, 0) is 25.7 Å². The third-order valence-corrected chi connectivity index (χ3v) is 5.48. The highest BCUT2D eigenvalue weighted by Crippen LogP contribution is 2.43. The van der Waals surface area contributed by atoms with Crippen molar-refractivity contribution >= 4 is 11.3 Å². The molecule has 100 valence electrons. The lowest BCUT2D eigenvalue weighted by atomic mass is 10.2. The standard InChI is InChI=1S/C15H24N2S/c1-10(2)15-17-14(11-7-8-11)13(18-15)9-16-12-5-3-4-6-12/h10-12,16H,3-9H2,1-2H3. The molecule has 3 rings (SSSR count). The van der Waals surface area contributed by atoms with Gasteiger partial charge in [-0.15, -0.1) is 11.3 Å². The van der Waals surface area contributed by atoms with Gasteiger partial charge in [0, 0.05) is 29.3 Å². The van der Waals surface area contributed by atoms with Crippen LogP contribution in [0.2, 0.25) is 0 Å². The van der Waals surface area contributed by atoms with Gasteiger partial charge in [0.1, 0.15) is 0 Å². The van der Waals surface area contributed by atoms with Crippen LogP contribution in [-0.4, -0.2) is 11.0 Å². The maximum absolute atomic E-state index is 4.90. The minimum atomic E-state index is 0.577. The third-order valence-electron chi connectivity index (χ3n) is 4.11. The molecule has 2 fully saturated rings.